The third-order valence-corrected chi connectivity index (χ3v) is 2.84. The van der Waals surface area contributed by atoms with Gasteiger partial charge in [-0.15, -0.1) is 0 Å². The molecule has 1 amide bonds. The van der Waals surface area contributed by atoms with Crippen molar-refractivity contribution in [1.29, 1.82) is 0 Å². The molecule has 13 heavy (non-hydrogen) atoms. The van der Waals surface area contributed by atoms with Crippen molar-refractivity contribution in [2.75, 3.05) is 26.4 Å². The second kappa shape index (κ2) is 3.64. The predicted molar refractivity (Wildman–Crippen MR) is 46.1 cm³/mol. The zero-order valence-corrected chi connectivity index (χ0v) is 7.61. The molecule has 0 radical (unpaired) electrons. The Morgan fingerprint density at radius 2 is 2.46 bits per heavy atom. The molecule has 2 aliphatic rings. The highest BCUT2D eigenvalue weighted by atomic mass is 16.5. The number of likely N-dealkylation sites (tertiary alicyclic amines) is 1. The van der Waals surface area contributed by atoms with Gasteiger partial charge in [-0.1, -0.05) is 0 Å². The average molecular weight is 185 g/mol. The van der Waals surface area contributed by atoms with Crippen LogP contribution in [0.5, 0.6) is 0 Å². The summed E-state index contributed by atoms with van der Waals surface area (Å²) in [6.07, 6.45) is 1.46. The zero-order valence-electron chi connectivity index (χ0n) is 7.61. The molecule has 0 aromatic rings. The molecule has 0 bridgehead atoms. The second-order valence-electron chi connectivity index (χ2n) is 3.82. The van der Waals surface area contributed by atoms with E-state index in [0.717, 1.165) is 13.0 Å². The smallest absolute Gasteiger partial charge is 0.223 e. The Hall–Kier alpha value is -0.610. The van der Waals surface area contributed by atoms with Crippen molar-refractivity contribution >= 4 is 5.91 Å². The van der Waals surface area contributed by atoms with E-state index in [-0.39, 0.29) is 24.5 Å². The van der Waals surface area contributed by atoms with Crippen LogP contribution in [0.15, 0.2) is 0 Å². The molecule has 4 heteroatoms. The number of hydrogen-bond donors (Lipinski definition) is 1. The van der Waals surface area contributed by atoms with Gasteiger partial charge in [0.1, 0.15) is 0 Å². The number of amides is 1. The van der Waals surface area contributed by atoms with Gasteiger partial charge >= 0.3 is 0 Å². The SMILES string of the molecule is O=C1CC(CO)CN1[C@@H]1CCOC1. The molecule has 74 valence electrons. The second-order valence-corrected chi connectivity index (χ2v) is 3.82. The first-order chi connectivity index (χ1) is 6.31. The van der Waals surface area contributed by atoms with Crippen LogP contribution in [-0.4, -0.2) is 48.3 Å². The normalized spacial score (nSPS) is 34.5. The molecule has 0 aromatic carbocycles. The monoisotopic (exact) mass is 185 g/mol. The molecule has 0 saturated carbocycles. The summed E-state index contributed by atoms with van der Waals surface area (Å²) in [4.78, 5) is 13.4. The molecule has 0 aliphatic carbocycles. The number of rotatable bonds is 2. The standard InChI is InChI=1S/C9H15NO3/c11-5-7-3-9(12)10(4-7)8-1-2-13-6-8/h7-8,11H,1-6H2/t7?,8-/m1/s1. The number of ether oxygens (including phenoxy) is 1. The van der Waals surface area contributed by atoms with Crippen molar-refractivity contribution in [3.63, 3.8) is 0 Å². The van der Waals surface area contributed by atoms with E-state index < -0.39 is 0 Å². The van der Waals surface area contributed by atoms with E-state index in [1.807, 2.05) is 4.90 Å². The van der Waals surface area contributed by atoms with Gasteiger partial charge in [0.25, 0.3) is 0 Å². The Labute approximate surface area is 77.5 Å². The maximum Gasteiger partial charge on any atom is 0.223 e. The molecule has 4 nitrogen and oxygen atoms in total. The maximum absolute atomic E-state index is 11.5. The van der Waals surface area contributed by atoms with Gasteiger partial charge < -0.3 is 14.7 Å². The van der Waals surface area contributed by atoms with Gasteiger partial charge in [-0.3, -0.25) is 4.79 Å². The number of aliphatic hydroxyl groups is 1. The Kier molecular flexibility index (Phi) is 2.51. The third-order valence-electron chi connectivity index (χ3n) is 2.84. The first kappa shape index (κ1) is 8.97. The highest BCUT2D eigenvalue weighted by molar-refractivity contribution is 5.79. The Morgan fingerprint density at radius 3 is 3.00 bits per heavy atom. The van der Waals surface area contributed by atoms with Crippen LogP contribution >= 0.6 is 0 Å². The summed E-state index contributed by atoms with van der Waals surface area (Å²) >= 11 is 0. The van der Waals surface area contributed by atoms with Crippen LogP contribution in [0.2, 0.25) is 0 Å². The van der Waals surface area contributed by atoms with Gasteiger partial charge in [-0.05, 0) is 6.42 Å². The fourth-order valence-corrected chi connectivity index (χ4v) is 2.05. The van der Waals surface area contributed by atoms with Crippen LogP contribution in [0.3, 0.4) is 0 Å². The van der Waals surface area contributed by atoms with Gasteiger partial charge in [0, 0.05) is 32.1 Å². The van der Waals surface area contributed by atoms with Crippen molar-refractivity contribution in [2.24, 2.45) is 5.92 Å². The lowest BCUT2D eigenvalue weighted by Crippen LogP contribution is -2.37. The van der Waals surface area contributed by atoms with Crippen molar-refractivity contribution in [3.05, 3.63) is 0 Å². The lowest BCUT2D eigenvalue weighted by Gasteiger charge is -2.22. The minimum atomic E-state index is 0.121. The quantitative estimate of drug-likeness (QED) is 0.637. The Morgan fingerprint density at radius 1 is 1.62 bits per heavy atom. The molecule has 2 atom stereocenters. The van der Waals surface area contributed by atoms with Crippen LogP contribution in [0.1, 0.15) is 12.8 Å². The van der Waals surface area contributed by atoms with Gasteiger partial charge in [0.15, 0.2) is 0 Å². The minimum absolute atomic E-state index is 0.121. The summed E-state index contributed by atoms with van der Waals surface area (Å²) < 4.78 is 5.23. The summed E-state index contributed by atoms with van der Waals surface area (Å²) in [6, 6.07) is 0.268. The summed E-state index contributed by atoms with van der Waals surface area (Å²) in [5.74, 6) is 0.322. The van der Waals surface area contributed by atoms with E-state index in [4.69, 9.17) is 9.84 Å². The summed E-state index contributed by atoms with van der Waals surface area (Å²) in [7, 11) is 0. The Bertz CT molecular complexity index is 201. The molecule has 0 spiro atoms. The van der Waals surface area contributed by atoms with Crippen molar-refractivity contribution in [2.45, 2.75) is 18.9 Å². The van der Waals surface area contributed by atoms with Crippen LogP contribution in [-0.2, 0) is 9.53 Å². The molecule has 2 aliphatic heterocycles. The van der Waals surface area contributed by atoms with E-state index in [1.54, 1.807) is 0 Å². The lowest BCUT2D eigenvalue weighted by atomic mass is 10.1. The van der Waals surface area contributed by atoms with Crippen LogP contribution in [0.25, 0.3) is 0 Å². The van der Waals surface area contributed by atoms with Crippen LogP contribution in [0.4, 0.5) is 0 Å². The average Bonchev–Trinajstić information content (AvgIpc) is 2.72. The number of hydrogen-bond acceptors (Lipinski definition) is 3. The highest BCUT2D eigenvalue weighted by Crippen LogP contribution is 2.23. The first-order valence-electron chi connectivity index (χ1n) is 4.79. The van der Waals surface area contributed by atoms with E-state index in [1.165, 1.54) is 0 Å². The summed E-state index contributed by atoms with van der Waals surface area (Å²) in [6.45, 7) is 2.27. The van der Waals surface area contributed by atoms with E-state index in [0.29, 0.717) is 19.6 Å². The van der Waals surface area contributed by atoms with Gasteiger partial charge in [-0.25, -0.2) is 0 Å². The van der Waals surface area contributed by atoms with E-state index in [2.05, 4.69) is 0 Å². The fourth-order valence-electron chi connectivity index (χ4n) is 2.05. The molecule has 2 rings (SSSR count). The topological polar surface area (TPSA) is 49.8 Å². The first-order valence-corrected chi connectivity index (χ1v) is 4.79. The highest BCUT2D eigenvalue weighted by Gasteiger charge is 2.35. The molecule has 2 fully saturated rings. The van der Waals surface area contributed by atoms with E-state index in [9.17, 15) is 4.79 Å². The van der Waals surface area contributed by atoms with Crippen LogP contribution < -0.4 is 0 Å². The lowest BCUT2D eigenvalue weighted by molar-refractivity contribution is -0.129. The number of carbonyl (C=O) groups is 1. The molecule has 2 heterocycles. The number of aliphatic hydroxyl groups excluding tert-OH is 1. The van der Waals surface area contributed by atoms with Crippen molar-refractivity contribution in [3.8, 4) is 0 Å². The summed E-state index contributed by atoms with van der Waals surface area (Å²) in [5, 5.41) is 8.93. The van der Waals surface area contributed by atoms with Gasteiger partial charge in [0.05, 0.1) is 12.6 Å². The van der Waals surface area contributed by atoms with Crippen molar-refractivity contribution < 1.29 is 14.6 Å². The number of nitrogens with zero attached hydrogens (tertiary/aromatic N) is 1. The maximum atomic E-state index is 11.5. The van der Waals surface area contributed by atoms with Crippen molar-refractivity contribution in [1.82, 2.24) is 4.90 Å². The molecular formula is C9H15NO3. The minimum Gasteiger partial charge on any atom is -0.396 e. The fraction of sp³-hybridized carbons (Fsp3) is 0.889. The molecule has 1 N–H and O–H groups in total. The van der Waals surface area contributed by atoms with Crippen LogP contribution in [0, 0.1) is 5.92 Å². The third kappa shape index (κ3) is 1.69. The molecule has 1 unspecified atom stereocenters. The predicted octanol–water partition coefficient (Wildman–Crippen LogP) is -0.384. The van der Waals surface area contributed by atoms with Gasteiger partial charge in [0.2, 0.25) is 5.91 Å². The molecular weight excluding hydrogens is 170 g/mol. The van der Waals surface area contributed by atoms with E-state index >= 15 is 0 Å². The molecule has 2 saturated heterocycles. The number of carbonyl (C=O) groups excluding carboxylic acids is 1. The summed E-state index contributed by atoms with van der Waals surface area (Å²) in [5.41, 5.74) is 0. The largest absolute Gasteiger partial charge is 0.396 e. The molecule has 0 aromatic heterocycles. The Balaban J connectivity index is 1.95. The van der Waals surface area contributed by atoms with Gasteiger partial charge in [-0.2, -0.15) is 0 Å². The zero-order chi connectivity index (χ0) is 9.26.